The lowest BCUT2D eigenvalue weighted by Crippen LogP contribution is -2.29. The van der Waals surface area contributed by atoms with Crippen LogP contribution in [0.5, 0.6) is 5.75 Å². The van der Waals surface area contributed by atoms with Gasteiger partial charge in [0.1, 0.15) is 11.9 Å². The van der Waals surface area contributed by atoms with Gasteiger partial charge in [-0.25, -0.2) is 0 Å². The number of aryl methyl sites for hydroxylation is 1. The van der Waals surface area contributed by atoms with Gasteiger partial charge in [0.25, 0.3) is 0 Å². The molecule has 20 heavy (non-hydrogen) atoms. The first-order chi connectivity index (χ1) is 9.52. The van der Waals surface area contributed by atoms with E-state index in [2.05, 4.69) is 44.1 Å². The SMILES string of the molecule is Cc1ccc(-c2cc3c(cc2N)OC(CN(C)C)C3)s1. The zero-order chi connectivity index (χ0) is 14.3. The average Bonchev–Trinajstić information content (AvgIpc) is 2.92. The predicted molar refractivity (Wildman–Crippen MR) is 85.6 cm³/mol. The highest BCUT2D eigenvalue weighted by molar-refractivity contribution is 7.15. The molecular weight excluding hydrogens is 268 g/mol. The molecule has 1 aromatic carbocycles. The Bertz CT molecular complexity index is 633. The van der Waals surface area contributed by atoms with Crippen LogP contribution in [0.1, 0.15) is 10.4 Å². The van der Waals surface area contributed by atoms with Gasteiger partial charge in [0.15, 0.2) is 0 Å². The number of rotatable bonds is 3. The maximum absolute atomic E-state index is 6.20. The summed E-state index contributed by atoms with van der Waals surface area (Å²) in [7, 11) is 4.14. The Morgan fingerprint density at radius 3 is 2.80 bits per heavy atom. The summed E-state index contributed by atoms with van der Waals surface area (Å²) in [5.74, 6) is 0.950. The molecule has 0 radical (unpaired) electrons. The number of benzene rings is 1. The second kappa shape index (κ2) is 5.11. The molecular formula is C16H20N2OS. The van der Waals surface area contributed by atoms with Crippen molar-refractivity contribution in [2.24, 2.45) is 0 Å². The Morgan fingerprint density at radius 1 is 1.35 bits per heavy atom. The number of anilines is 1. The summed E-state index contributed by atoms with van der Waals surface area (Å²) < 4.78 is 5.98. The van der Waals surface area contributed by atoms with Crippen LogP contribution in [0.25, 0.3) is 10.4 Å². The van der Waals surface area contributed by atoms with Crippen molar-refractivity contribution in [3.63, 3.8) is 0 Å². The molecule has 3 rings (SSSR count). The van der Waals surface area contributed by atoms with Gasteiger partial charge in [0.2, 0.25) is 0 Å². The highest BCUT2D eigenvalue weighted by Gasteiger charge is 2.25. The van der Waals surface area contributed by atoms with Crippen molar-refractivity contribution in [2.75, 3.05) is 26.4 Å². The van der Waals surface area contributed by atoms with Gasteiger partial charge in [-0.2, -0.15) is 0 Å². The third-order valence-corrected chi connectivity index (χ3v) is 4.58. The molecule has 3 nitrogen and oxygen atoms in total. The molecule has 0 aliphatic carbocycles. The van der Waals surface area contributed by atoms with Gasteiger partial charge in [0, 0.05) is 40.0 Å². The number of nitrogen functional groups attached to an aromatic ring is 1. The summed E-state index contributed by atoms with van der Waals surface area (Å²) in [6, 6.07) is 8.46. The van der Waals surface area contributed by atoms with Gasteiger partial charge in [-0.1, -0.05) is 0 Å². The van der Waals surface area contributed by atoms with E-state index in [9.17, 15) is 0 Å². The number of nitrogens with two attached hydrogens (primary N) is 1. The lowest BCUT2D eigenvalue weighted by Gasteiger charge is -2.15. The van der Waals surface area contributed by atoms with Crippen molar-refractivity contribution in [3.8, 4) is 16.2 Å². The van der Waals surface area contributed by atoms with E-state index in [-0.39, 0.29) is 6.10 Å². The topological polar surface area (TPSA) is 38.5 Å². The summed E-state index contributed by atoms with van der Waals surface area (Å²) in [5, 5.41) is 0. The molecule has 1 aliphatic rings. The summed E-state index contributed by atoms with van der Waals surface area (Å²) in [6.07, 6.45) is 1.20. The molecule has 0 saturated heterocycles. The van der Waals surface area contributed by atoms with Crippen molar-refractivity contribution < 1.29 is 4.74 Å². The lowest BCUT2D eigenvalue weighted by atomic mass is 10.0. The lowest BCUT2D eigenvalue weighted by molar-refractivity contribution is 0.184. The molecule has 106 valence electrons. The Balaban J connectivity index is 1.91. The highest BCUT2D eigenvalue weighted by atomic mass is 32.1. The number of nitrogens with zero attached hydrogens (tertiary/aromatic N) is 1. The van der Waals surface area contributed by atoms with Crippen molar-refractivity contribution in [1.82, 2.24) is 4.90 Å². The number of thiophene rings is 1. The Labute approximate surface area is 124 Å². The molecule has 4 heteroatoms. The normalized spacial score (nSPS) is 17.3. The van der Waals surface area contributed by atoms with Gasteiger partial charge in [-0.3, -0.25) is 0 Å². The summed E-state index contributed by atoms with van der Waals surface area (Å²) in [5.41, 5.74) is 9.41. The molecule has 0 spiro atoms. The summed E-state index contributed by atoms with van der Waals surface area (Å²) >= 11 is 1.78. The summed E-state index contributed by atoms with van der Waals surface area (Å²) in [6.45, 7) is 3.05. The number of hydrogen-bond donors (Lipinski definition) is 1. The van der Waals surface area contributed by atoms with E-state index < -0.39 is 0 Å². The zero-order valence-electron chi connectivity index (χ0n) is 12.1. The molecule has 0 amide bonds. The van der Waals surface area contributed by atoms with E-state index in [0.29, 0.717) is 0 Å². The molecule has 1 atom stereocenters. The standard InChI is InChI=1S/C16H20N2OS/c1-10-4-5-16(20-10)13-7-11-6-12(9-18(2)3)19-15(11)8-14(13)17/h4-5,7-8,12H,6,9,17H2,1-3H3. The van der Waals surface area contributed by atoms with Crippen molar-refractivity contribution >= 4 is 17.0 Å². The fourth-order valence-electron chi connectivity index (χ4n) is 2.68. The van der Waals surface area contributed by atoms with Crippen molar-refractivity contribution in [1.29, 1.82) is 0 Å². The average molecular weight is 288 g/mol. The van der Waals surface area contributed by atoms with Crippen LogP contribution in [0, 0.1) is 6.92 Å². The Kier molecular flexibility index (Phi) is 3.44. The fourth-order valence-corrected chi connectivity index (χ4v) is 3.58. The first-order valence-corrected chi connectivity index (χ1v) is 7.65. The molecule has 0 bridgehead atoms. The highest BCUT2D eigenvalue weighted by Crippen LogP contribution is 2.39. The zero-order valence-corrected chi connectivity index (χ0v) is 13.0. The van der Waals surface area contributed by atoms with Gasteiger partial charge < -0.3 is 15.4 Å². The third kappa shape index (κ3) is 2.53. The van der Waals surface area contributed by atoms with E-state index in [1.165, 1.54) is 15.3 Å². The number of likely N-dealkylation sites (N-methyl/N-ethyl adjacent to an activating group) is 1. The molecule has 1 aromatic heterocycles. The Morgan fingerprint density at radius 2 is 2.15 bits per heavy atom. The first kappa shape index (κ1) is 13.5. The minimum atomic E-state index is 0.236. The van der Waals surface area contributed by atoms with E-state index in [1.54, 1.807) is 11.3 Å². The van der Waals surface area contributed by atoms with Crippen LogP contribution in [0.3, 0.4) is 0 Å². The van der Waals surface area contributed by atoms with E-state index in [4.69, 9.17) is 10.5 Å². The monoisotopic (exact) mass is 288 g/mol. The number of hydrogen-bond acceptors (Lipinski definition) is 4. The van der Waals surface area contributed by atoms with Crippen LogP contribution in [-0.4, -0.2) is 31.6 Å². The van der Waals surface area contributed by atoms with Gasteiger partial charge in [-0.15, -0.1) is 11.3 Å². The smallest absolute Gasteiger partial charge is 0.125 e. The quantitative estimate of drug-likeness (QED) is 0.882. The van der Waals surface area contributed by atoms with Gasteiger partial charge >= 0.3 is 0 Å². The van der Waals surface area contributed by atoms with Crippen LogP contribution in [0.15, 0.2) is 24.3 Å². The van der Waals surface area contributed by atoms with Gasteiger partial charge in [0.05, 0.1) is 0 Å². The maximum Gasteiger partial charge on any atom is 0.125 e. The minimum absolute atomic E-state index is 0.236. The molecule has 2 heterocycles. The number of ether oxygens (including phenoxy) is 1. The Hall–Kier alpha value is -1.52. The molecule has 2 aromatic rings. The molecule has 2 N–H and O–H groups in total. The van der Waals surface area contributed by atoms with Crippen LogP contribution in [0.2, 0.25) is 0 Å². The minimum Gasteiger partial charge on any atom is -0.488 e. The van der Waals surface area contributed by atoms with Gasteiger partial charge in [-0.05, 0) is 44.8 Å². The predicted octanol–water partition coefficient (Wildman–Crippen LogP) is 3.17. The van der Waals surface area contributed by atoms with E-state index in [1.807, 2.05) is 6.07 Å². The van der Waals surface area contributed by atoms with Crippen molar-refractivity contribution in [2.45, 2.75) is 19.4 Å². The van der Waals surface area contributed by atoms with Crippen molar-refractivity contribution in [3.05, 3.63) is 34.7 Å². The molecule has 1 unspecified atom stereocenters. The fraction of sp³-hybridized carbons (Fsp3) is 0.375. The number of fused-ring (bicyclic) bond motifs is 1. The second-order valence-electron chi connectivity index (χ2n) is 5.66. The van der Waals surface area contributed by atoms with Crippen LogP contribution < -0.4 is 10.5 Å². The van der Waals surface area contributed by atoms with Crippen LogP contribution >= 0.6 is 11.3 Å². The van der Waals surface area contributed by atoms with E-state index in [0.717, 1.165) is 30.0 Å². The molecule has 0 fully saturated rings. The maximum atomic E-state index is 6.20. The molecule has 0 saturated carbocycles. The summed E-state index contributed by atoms with van der Waals surface area (Å²) in [4.78, 5) is 4.70. The van der Waals surface area contributed by atoms with Crippen LogP contribution in [-0.2, 0) is 6.42 Å². The second-order valence-corrected chi connectivity index (χ2v) is 6.95. The molecule has 1 aliphatic heterocycles. The first-order valence-electron chi connectivity index (χ1n) is 6.83. The van der Waals surface area contributed by atoms with E-state index >= 15 is 0 Å². The largest absolute Gasteiger partial charge is 0.488 e. The van der Waals surface area contributed by atoms with Crippen LogP contribution in [0.4, 0.5) is 5.69 Å². The third-order valence-electron chi connectivity index (χ3n) is 3.55.